The van der Waals surface area contributed by atoms with Gasteiger partial charge in [-0.2, -0.15) is 0 Å². The van der Waals surface area contributed by atoms with E-state index in [-0.39, 0.29) is 12.0 Å². The Morgan fingerprint density at radius 1 is 1.24 bits per heavy atom. The Labute approximate surface area is 155 Å². The van der Waals surface area contributed by atoms with Crippen LogP contribution in [0.15, 0.2) is 28.7 Å². The summed E-state index contributed by atoms with van der Waals surface area (Å²) in [5, 5.41) is 8.38. The van der Waals surface area contributed by atoms with Gasteiger partial charge in [-0.05, 0) is 36.5 Å². The van der Waals surface area contributed by atoms with Crippen LogP contribution in [0.5, 0.6) is 0 Å². The number of hydrogen-bond donors (Lipinski definition) is 0. The van der Waals surface area contributed by atoms with Crippen molar-refractivity contribution in [1.82, 2.24) is 19.9 Å². The number of halogens is 1. The lowest BCUT2D eigenvalue weighted by molar-refractivity contribution is -0.00201. The summed E-state index contributed by atoms with van der Waals surface area (Å²) in [6, 6.07) is 8.08. The van der Waals surface area contributed by atoms with Crippen molar-refractivity contribution < 1.29 is 9.53 Å². The lowest BCUT2D eigenvalue weighted by Crippen LogP contribution is -2.38. The first-order chi connectivity index (χ1) is 12.1. The summed E-state index contributed by atoms with van der Waals surface area (Å²) in [6.45, 7) is 4.77. The number of amides is 1. The van der Waals surface area contributed by atoms with E-state index in [2.05, 4.69) is 33.2 Å². The van der Waals surface area contributed by atoms with Crippen molar-refractivity contribution in [1.29, 1.82) is 0 Å². The Kier molecular flexibility index (Phi) is 4.60. The topological polar surface area (TPSA) is 60.2 Å². The molecule has 1 amide bonds. The quantitative estimate of drug-likeness (QED) is 0.770. The summed E-state index contributed by atoms with van der Waals surface area (Å²) in [7, 11) is 0. The zero-order valence-corrected chi connectivity index (χ0v) is 15.8. The molecule has 1 fully saturated rings. The molecule has 4 rings (SSSR count). The summed E-state index contributed by atoms with van der Waals surface area (Å²) >= 11 is 3.45. The van der Waals surface area contributed by atoms with Gasteiger partial charge in [-0.1, -0.05) is 40.2 Å². The van der Waals surface area contributed by atoms with Gasteiger partial charge in [-0.3, -0.25) is 4.79 Å². The lowest BCUT2D eigenvalue weighted by atomic mass is 9.99. The van der Waals surface area contributed by atoms with Crippen LogP contribution in [0.2, 0.25) is 0 Å². The Balaban J connectivity index is 1.50. The second-order valence-corrected chi connectivity index (χ2v) is 7.81. The molecule has 2 aliphatic heterocycles. The van der Waals surface area contributed by atoms with Gasteiger partial charge >= 0.3 is 0 Å². The maximum Gasteiger partial charge on any atom is 0.276 e. The van der Waals surface area contributed by atoms with Gasteiger partial charge in [0.1, 0.15) is 6.10 Å². The SMILES string of the molecule is CC1CCN(C(=O)c2nnn3c2COC(c2ccc(Br)cc2)C3)CC1. The van der Waals surface area contributed by atoms with Crippen LogP contribution in [0.1, 0.15) is 47.6 Å². The normalized spacial score (nSPS) is 21.2. The fourth-order valence-electron chi connectivity index (χ4n) is 3.42. The first kappa shape index (κ1) is 16.7. The average Bonchev–Trinajstić information content (AvgIpc) is 3.05. The number of fused-ring (bicyclic) bond motifs is 1. The summed E-state index contributed by atoms with van der Waals surface area (Å²) < 4.78 is 8.85. The highest BCUT2D eigenvalue weighted by atomic mass is 79.9. The maximum absolute atomic E-state index is 12.8. The zero-order valence-electron chi connectivity index (χ0n) is 14.2. The molecule has 1 saturated heterocycles. The van der Waals surface area contributed by atoms with Gasteiger partial charge in [0.2, 0.25) is 0 Å². The largest absolute Gasteiger partial charge is 0.365 e. The molecule has 0 radical (unpaired) electrons. The summed E-state index contributed by atoms with van der Waals surface area (Å²) in [5.41, 5.74) is 2.34. The molecule has 1 unspecified atom stereocenters. The number of piperidine rings is 1. The molecule has 3 heterocycles. The van der Waals surface area contributed by atoms with Crippen molar-refractivity contribution >= 4 is 21.8 Å². The number of hydrogen-bond acceptors (Lipinski definition) is 4. The predicted molar refractivity (Wildman–Crippen MR) is 96.0 cm³/mol. The fraction of sp³-hybridized carbons (Fsp3) is 0.500. The highest BCUT2D eigenvalue weighted by molar-refractivity contribution is 9.10. The van der Waals surface area contributed by atoms with E-state index < -0.39 is 0 Å². The van der Waals surface area contributed by atoms with Crippen LogP contribution in [0.25, 0.3) is 0 Å². The van der Waals surface area contributed by atoms with Crippen molar-refractivity contribution in [2.24, 2.45) is 5.92 Å². The maximum atomic E-state index is 12.8. The number of benzene rings is 1. The van der Waals surface area contributed by atoms with Crippen LogP contribution in [0.4, 0.5) is 0 Å². The van der Waals surface area contributed by atoms with Crippen molar-refractivity contribution in [3.05, 3.63) is 45.7 Å². The number of ether oxygens (including phenoxy) is 1. The predicted octanol–water partition coefficient (Wildman–Crippen LogP) is 3.18. The third kappa shape index (κ3) is 3.35. The first-order valence-electron chi connectivity index (χ1n) is 8.70. The van der Waals surface area contributed by atoms with Crippen molar-refractivity contribution in [3.8, 4) is 0 Å². The lowest BCUT2D eigenvalue weighted by Gasteiger charge is -2.30. The molecule has 0 spiro atoms. The van der Waals surface area contributed by atoms with Crippen LogP contribution in [0.3, 0.4) is 0 Å². The second-order valence-electron chi connectivity index (χ2n) is 6.89. The number of carbonyl (C=O) groups is 1. The molecular formula is C18H21BrN4O2. The van der Waals surface area contributed by atoms with Gasteiger partial charge in [-0.15, -0.1) is 5.10 Å². The molecule has 132 valence electrons. The minimum atomic E-state index is -0.0684. The number of likely N-dealkylation sites (tertiary alicyclic amines) is 1. The highest BCUT2D eigenvalue weighted by Crippen LogP contribution is 2.28. The summed E-state index contributed by atoms with van der Waals surface area (Å²) in [6.07, 6.45) is 2.04. The van der Waals surface area contributed by atoms with Crippen LogP contribution in [-0.2, 0) is 17.9 Å². The highest BCUT2D eigenvalue weighted by Gasteiger charge is 2.31. The minimum absolute atomic E-state index is 0.0150. The standard InChI is InChI=1S/C18H21BrN4O2/c1-12-6-8-22(9-7-12)18(24)17-15-11-25-16(10-23(15)21-20-17)13-2-4-14(19)5-3-13/h2-5,12,16H,6-11H2,1H3. The van der Waals surface area contributed by atoms with Gasteiger partial charge in [0.05, 0.1) is 18.8 Å². The fourth-order valence-corrected chi connectivity index (χ4v) is 3.68. The molecule has 1 atom stereocenters. The van der Waals surface area contributed by atoms with E-state index >= 15 is 0 Å². The first-order valence-corrected chi connectivity index (χ1v) is 9.50. The molecule has 0 N–H and O–H groups in total. The smallest absolute Gasteiger partial charge is 0.276 e. The molecule has 1 aromatic carbocycles. The van der Waals surface area contributed by atoms with E-state index in [1.807, 2.05) is 33.8 Å². The molecule has 1 aromatic heterocycles. The van der Waals surface area contributed by atoms with Gasteiger partial charge in [-0.25, -0.2) is 4.68 Å². The molecule has 0 bridgehead atoms. The summed E-state index contributed by atoms with van der Waals surface area (Å²) in [5.74, 6) is 0.673. The van der Waals surface area contributed by atoms with Crippen molar-refractivity contribution in [2.45, 2.75) is 39.0 Å². The molecule has 7 heteroatoms. The second kappa shape index (κ2) is 6.88. The molecule has 6 nitrogen and oxygen atoms in total. The van der Waals surface area contributed by atoms with Gasteiger partial charge in [0, 0.05) is 17.6 Å². The number of aromatic nitrogens is 3. The average molecular weight is 405 g/mol. The van der Waals surface area contributed by atoms with Crippen LogP contribution < -0.4 is 0 Å². The van der Waals surface area contributed by atoms with E-state index in [1.165, 1.54) is 0 Å². The summed E-state index contributed by atoms with van der Waals surface area (Å²) in [4.78, 5) is 14.7. The third-order valence-electron chi connectivity index (χ3n) is 5.11. The van der Waals surface area contributed by atoms with Crippen LogP contribution >= 0.6 is 15.9 Å². The minimum Gasteiger partial charge on any atom is -0.365 e. The molecule has 0 aliphatic carbocycles. The van der Waals surface area contributed by atoms with E-state index in [9.17, 15) is 4.79 Å². The van der Waals surface area contributed by atoms with E-state index in [4.69, 9.17) is 4.74 Å². The molecule has 25 heavy (non-hydrogen) atoms. The number of nitrogens with zero attached hydrogens (tertiary/aromatic N) is 4. The van der Waals surface area contributed by atoms with Crippen molar-refractivity contribution in [2.75, 3.05) is 13.1 Å². The van der Waals surface area contributed by atoms with E-state index in [0.717, 1.165) is 41.7 Å². The molecular weight excluding hydrogens is 384 g/mol. The molecule has 2 aromatic rings. The van der Waals surface area contributed by atoms with Crippen LogP contribution in [0, 0.1) is 5.92 Å². The Hall–Kier alpha value is -1.73. The molecule has 0 saturated carbocycles. The Bertz CT molecular complexity index is 766. The van der Waals surface area contributed by atoms with Gasteiger partial charge in [0.15, 0.2) is 5.69 Å². The number of rotatable bonds is 2. The van der Waals surface area contributed by atoms with Crippen LogP contribution in [-0.4, -0.2) is 38.9 Å². The van der Waals surface area contributed by atoms with E-state index in [0.29, 0.717) is 24.8 Å². The van der Waals surface area contributed by atoms with Crippen molar-refractivity contribution in [3.63, 3.8) is 0 Å². The third-order valence-corrected chi connectivity index (χ3v) is 5.64. The Morgan fingerprint density at radius 3 is 2.68 bits per heavy atom. The number of carbonyl (C=O) groups excluding carboxylic acids is 1. The van der Waals surface area contributed by atoms with E-state index in [1.54, 1.807) is 0 Å². The Morgan fingerprint density at radius 2 is 1.96 bits per heavy atom. The monoisotopic (exact) mass is 404 g/mol. The molecule has 2 aliphatic rings. The van der Waals surface area contributed by atoms with Gasteiger partial charge < -0.3 is 9.64 Å². The zero-order chi connectivity index (χ0) is 17.4. The van der Waals surface area contributed by atoms with Gasteiger partial charge in [0.25, 0.3) is 5.91 Å².